The average Bonchev–Trinajstić information content (AvgIpc) is 2.88. The van der Waals surface area contributed by atoms with E-state index in [4.69, 9.17) is 9.84 Å². The van der Waals surface area contributed by atoms with E-state index in [1.165, 1.54) is 19.2 Å². The minimum Gasteiger partial charge on any atom is -0.494 e. The molecule has 0 aromatic heterocycles. The fraction of sp³-hybridized carbons (Fsp3) is 0.429. The van der Waals surface area contributed by atoms with Crippen molar-refractivity contribution in [3.05, 3.63) is 24.0 Å². The Kier molecular flexibility index (Phi) is 4.22. The van der Waals surface area contributed by atoms with E-state index in [2.05, 4.69) is 5.32 Å². The third kappa shape index (κ3) is 3.07. The molecule has 1 saturated carbocycles. The molecule has 2 unspecified atom stereocenters. The van der Waals surface area contributed by atoms with Crippen LogP contribution in [0.25, 0.3) is 0 Å². The molecule has 0 bridgehead atoms. The van der Waals surface area contributed by atoms with Crippen molar-refractivity contribution >= 4 is 17.6 Å². The standard InChI is InChI=1S/C14H16FNO4/c1-20-12-5-4-10(7-11(12)15)16-13(17)8-2-3-9(6-8)14(18)19/h4-5,7-9H,2-3,6H2,1H3,(H,16,17)(H,18,19). The van der Waals surface area contributed by atoms with Crippen molar-refractivity contribution in [2.24, 2.45) is 11.8 Å². The number of carbonyl (C=O) groups is 2. The normalized spacial score (nSPS) is 21.5. The molecule has 1 fully saturated rings. The quantitative estimate of drug-likeness (QED) is 0.887. The molecule has 5 nitrogen and oxygen atoms in total. The summed E-state index contributed by atoms with van der Waals surface area (Å²) in [4.78, 5) is 22.8. The molecule has 1 aliphatic carbocycles. The van der Waals surface area contributed by atoms with Gasteiger partial charge >= 0.3 is 5.97 Å². The molecule has 0 heterocycles. The van der Waals surface area contributed by atoms with Crippen LogP contribution < -0.4 is 10.1 Å². The molecule has 0 radical (unpaired) electrons. The highest BCUT2D eigenvalue weighted by Gasteiger charge is 2.33. The van der Waals surface area contributed by atoms with E-state index in [1.807, 2.05) is 0 Å². The number of anilines is 1. The largest absolute Gasteiger partial charge is 0.494 e. The molecule has 1 aliphatic rings. The van der Waals surface area contributed by atoms with Crippen LogP contribution in [0.3, 0.4) is 0 Å². The maximum Gasteiger partial charge on any atom is 0.306 e. The Bertz CT molecular complexity index is 532. The molecule has 1 aromatic carbocycles. The summed E-state index contributed by atoms with van der Waals surface area (Å²) in [5, 5.41) is 11.5. The molecular weight excluding hydrogens is 265 g/mol. The van der Waals surface area contributed by atoms with Crippen LogP contribution in [0.4, 0.5) is 10.1 Å². The first-order valence-corrected chi connectivity index (χ1v) is 6.38. The first-order valence-electron chi connectivity index (χ1n) is 6.38. The fourth-order valence-corrected chi connectivity index (χ4v) is 2.43. The zero-order chi connectivity index (χ0) is 14.7. The zero-order valence-corrected chi connectivity index (χ0v) is 11.1. The Labute approximate surface area is 115 Å². The lowest BCUT2D eigenvalue weighted by Crippen LogP contribution is -2.21. The molecule has 20 heavy (non-hydrogen) atoms. The van der Waals surface area contributed by atoms with E-state index in [-0.39, 0.29) is 17.6 Å². The highest BCUT2D eigenvalue weighted by molar-refractivity contribution is 5.93. The predicted molar refractivity (Wildman–Crippen MR) is 70.0 cm³/mol. The van der Waals surface area contributed by atoms with E-state index < -0.39 is 17.7 Å². The second kappa shape index (κ2) is 5.90. The highest BCUT2D eigenvalue weighted by Crippen LogP contribution is 2.32. The number of hydrogen-bond acceptors (Lipinski definition) is 3. The molecule has 0 saturated heterocycles. The Morgan fingerprint density at radius 3 is 2.60 bits per heavy atom. The van der Waals surface area contributed by atoms with Crippen LogP contribution >= 0.6 is 0 Å². The first kappa shape index (κ1) is 14.3. The zero-order valence-electron chi connectivity index (χ0n) is 11.1. The number of ether oxygens (including phenoxy) is 1. The number of carboxylic acid groups (broad SMARTS) is 1. The minimum atomic E-state index is -0.865. The van der Waals surface area contributed by atoms with Crippen molar-refractivity contribution in [2.45, 2.75) is 19.3 Å². The van der Waals surface area contributed by atoms with Gasteiger partial charge in [0, 0.05) is 17.7 Å². The third-order valence-electron chi connectivity index (χ3n) is 3.57. The Morgan fingerprint density at radius 1 is 1.35 bits per heavy atom. The van der Waals surface area contributed by atoms with Crippen LogP contribution in [0.15, 0.2) is 18.2 Å². The number of aliphatic carboxylic acids is 1. The summed E-state index contributed by atoms with van der Waals surface area (Å²) >= 11 is 0. The summed E-state index contributed by atoms with van der Waals surface area (Å²) in [6, 6.07) is 4.16. The van der Waals surface area contributed by atoms with E-state index in [0.29, 0.717) is 24.9 Å². The van der Waals surface area contributed by atoms with Gasteiger partial charge in [-0.05, 0) is 31.4 Å². The number of carboxylic acids is 1. The lowest BCUT2D eigenvalue weighted by atomic mass is 10.0. The average molecular weight is 281 g/mol. The Hall–Kier alpha value is -2.11. The van der Waals surface area contributed by atoms with Crippen molar-refractivity contribution in [2.75, 3.05) is 12.4 Å². The van der Waals surface area contributed by atoms with Gasteiger partial charge in [-0.25, -0.2) is 4.39 Å². The van der Waals surface area contributed by atoms with Gasteiger partial charge in [-0.3, -0.25) is 9.59 Å². The number of carbonyl (C=O) groups excluding carboxylic acids is 1. The van der Waals surface area contributed by atoms with Crippen LogP contribution in [0.2, 0.25) is 0 Å². The van der Waals surface area contributed by atoms with Crippen molar-refractivity contribution in [1.82, 2.24) is 0 Å². The van der Waals surface area contributed by atoms with Crippen LogP contribution in [0.5, 0.6) is 5.75 Å². The molecule has 2 rings (SSSR count). The van der Waals surface area contributed by atoms with Crippen molar-refractivity contribution in [3.63, 3.8) is 0 Å². The van der Waals surface area contributed by atoms with Gasteiger partial charge in [0.05, 0.1) is 13.0 Å². The predicted octanol–water partition coefficient (Wildman–Crippen LogP) is 2.27. The number of halogens is 1. The molecule has 1 aromatic rings. The van der Waals surface area contributed by atoms with Gasteiger partial charge in [-0.2, -0.15) is 0 Å². The van der Waals surface area contributed by atoms with Crippen LogP contribution in [-0.4, -0.2) is 24.1 Å². The molecule has 108 valence electrons. The summed E-state index contributed by atoms with van der Waals surface area (Å²) in [7, 11) is 1.36. The second-order valence-corrected chi connectivity index (χ2v) is 4.88. The molecule has 0 aliphatic heterocycles. The summed E-state index contributed by atoms with van der Waals surface area (Å²) in [5.74, 6) is -2.37. The van der Waals surface area contributed by atoms with Gasteiger partial charge < -0.3 is 15.2 Å². The number of benzene rings is 1. The van der Waals surface area contributed by atoms with Crippen molar-refractivity contribution < 1.29 is 23.8 Å². The molecule has 2 atom stereocenters. The van der Waals surface area contributed by atoms with Gasteiger partial charge in [0.2, 0.25) is 5.91 Å². The van der Waals surface area contributed by atoms with Gasteiger partial charge in [0.25, 0.3) is 0 Å². The summed E-state index contributed by atoms with van der Waals surface area (Å²) in [6.45, 7) is 0. The van der Waals surface area contributed by atoms with Crippen LogP contribution in [0, 0.1) is 17.7 Å². The summed E-state index contributed by atoms with van der Waals surface area (Å²) < 4.78 is 18.3. The molecule has 1 amide bonds. The van der Waals surface area contributed by atoms with Gasteiger partial charge in [-0.1, -0.05) is 0 Å². The van der Waals surface area contributed by atoms with Gasteiger partial charge in [-0.15, -0.1) is 0 Å². The molecule has 6 heteroatoms. The lowest BCUT2D eigenvalue weighted by molar-refractivity contribution is -0.141. The number of amides is 1. The first-order chi connectivity index (χ1) is 9.51. The monoisotopic (exact) mass is 281 g/mol. The van der Waals surface area contributed by atoms with Crippen LogP contribution in [-0.2, 0) is 9.59 Å². The van der Waals surface area contributed by atoms with E-state index in [1.54, 1.807) is 6.07 Å². The number of nitrogens with one attached hydrogen (secondary N) is 1. The van der Waals surface area contributed by atoms with Crippen molar-refractivity contribution in [3.8, 4) is 5.75 Å². The topological polar surface area (TPSA) is 75.6 Å². The Balaban J connectivity index is 1.98. The second-order valence-electron chi connectivity index (χ2n) is 4.88. The summed E-state index contributed by atoms with van der Waals surface area (Å²) in [5.41, 5.74) is 0.340. The molecule has 0 spiro atoms. The SMILES string of the molecule is COc1ccc(NC(=O)C2CCC(C(=O)O)C2)cc1F. The van der Waals surface area contributed by atoms with Gasteiger partial charge in [0.1, 0.15) is 0 Å². The summed E-state index contributed by atoms with van der Waals surface area (Å²) in [6.07, 6.45) is 1.38. The highest BCUT2D eigenvalue weighted by atomic mass is 19.1. The Morgan fingerprint density at radius 2 is 2.05 bits per heavy atom. The number of methoxy groups -OCH3 is 1. The fourth-order valence-electron chi connectivity index (χ4n) is 2.43. The maximum atomic E-state index is 13.5. The van der Waals surface area contributed by atoms with E-state index in [9.17, 15) is 14.0 Å². The third-order valence-corrected chi connectivity index (χ3v) is 3.57. The minimum absolute atomic E-state index is 0.106. The lowest BCUT2D eigenvalue weighted by Gasteiger charge is -2.11. The number of rotatable bonds is 4. The van der Waals surface area contributed by atoms with E-state index in [0.717, 1.165) is 0 Å². The van der Waals surface area contributed by atoms with Gasteiger partial charge in [0.15, 0.2) is 11.6 Å². The van der Waals surface area contributed by atoms with E-state index >= 15 is 0 Å². The number of hydrogen-bond donors (Lipinski definition) is 2. The molecular formula is C14H16FNO4. The smallest absolute Gasteiger partial charge is 0.306 e. The van der Waals surface area contributed by atoms with Crippen LogP contribution in [0.1, 0.15) is 19.3 Å². The van der Waals surface area contributed by atoms with Crippen molar-refractivity contribution in [1.29, 1.82) is 0 Å². The maximum absolute atomic E-state index is 13.5. The molecule has 2 N–H and O–H groups in total.